The van der Waals surface area contributed by atoms with Crippen LogP contribution in [-0.4, -0.2) is 20.8 Å². The van der Waals surface area contributed by atoms with Crippen molar-refractivity contribution < 1.29 is 12.6 Å². The van der Waals surface area contributed by atoms with Crippen molar-refractivity contribution in [3.63, 3.8) is 0 Å². The second-order valence-electron chi connectivity index (χ2n) is 9.66. The minimum atomic E-state index is -3.54. The highest BCUT2D eigenvalue weighted by Crippen LogP contribution is 2.66. The molecule has 176 valence electrons. The van der Waals surface area contributed by atoms with Crippen LogP contribution in [0.5, 0.6) is 0 Å². The van der Waals surface area contributed by atoms with E-state index in [1.54, 1.807) is 0 Å². The lowest BCUT2D eigenvalue weighted by Gasteiger charge is -2.37. The van der Waals surface area contributed by atoms with Gasteiger partial charge in [-0.1, -0.05) is 99.0 Å². The topological polar surface area (TPSA) is 43.4 Å². The number of hydrogen-bond acceptors (Lipinski definition) is 3. The Hall–Kier alpha value is -2.17. The molecule has 4 rings (SSSR count). The van der Waals surface area contributed by atoms with E-state index >= 15 is 0 Å². The molecule has 0 aromatic heterocycles. The van der Waals surface area contributed by atoms with Crippen LogP contribution in [0.1, 0.15) is 69.4 Å². The third kappa shape index (κ3) is 4.88. The fourth-order valence-electron chi connectivity index (χ4n) is 6.19. The lowest BCUT2D eigenvalue weighted by molar-refractivity contribution is 0.152. The lowest BCUT2D eigenvalue weighted by atomic mass is 9.66. The Morgan fingerprint density at radius 3 is 2.33 bits per heavy atom. The minimum Gasteiger partial charge on any atom is -0.267 e. The number of unbranched alkanes of at least 4 members (excludes halogenated alkanes) is 3. The number of rotatable bonds is 10. The van der Waals surface area contributed by atoms with Gasteiger partial charge < -0.3 is 0 Å². The summed E-state index contributed by atoms with van der Waals surface area (Å²) in [7, 11) is -3.54. The number of allylic oxidation sites excluding steroid dienone is 3. The van der Waals surface area contributed by atoms with Gasteiger partial charge in [0.25, 0.3) is 10.1 Å². The zero-order valence-electron chi connectivity index (χ0n) is 19.9. The predicted octanol–water partition coefficient (Wildman–Crippen LogP) is 7.27. The summed E-state index contributed by atoms with van der Waals surface area (Å²) in [6, 6.07) is 21.0. The van der Waals surface area contributed by atoms with Gasteiger partial charge in [0.15, 0.2) is 0 Å². The van der Waals surface area contributed by atoms with Crippen molar-refractivity contribution >= 4 is 21.3 Å². The fourth-order valence-corrected chi connectivity index (χ4v) is 6.87. The van der Waals surface area contributed by atoms with Crippen LogP contribution in [0.15, 0.2) is 72.8 Å². The molecular weight excluding hydrogens is 428 g/mol. The van der Waals surface area contributed by atoms with Gasteiger partial charge in [0.05, 0.1) is 12.4 Å². The van der Waals surface area contributed by atoms with Gasteiger partial charge >= 0.3 is 0 Å². The molecule has 1 saturated carbocycles. The Kier molecular flexibility index (Phi) is 7.25. The molecule has 0 aliphatic heterocycles. The van der Waals surface area contributed by atoms with Gasteiger partial charge in [0.1, 0.15) is 0 Å². The summed E-state index contributed by atoms with van der Waals surface area (Å²) in [6.07, 6.45) is 9.22. The van der Waals surface area contributed by atoms with Gasteiger partial charge in [-0.2, -0.15) is 8.42 Å². The van der Waals surface area contributed by atoms with Crippen molar-refractivity contribution in [1.82, 2.24) is 0 Å². The molecule has 3 atom stereocenters. The first kappa shape index (κ1) is 24.0. The quantitative estimate of drug-likeness (QED) is 0.274. The Bertz CT molecular complexity index is 1100. The van der Waals surface area contributed by atoms with Crippen LogP contribution in [0.25, 0.3) is 11.1 Å². The largest absolute Gasteiger partial charge is 0.267 e. The van der Waals surface area contributed by atoms with E-state index in [1.165, 1.54) is 42.2 Å². The van der Waals surface area contributed by atoms with Crippen LogP contribution < -0.4 is 0 Å². The highest BCUT2D eigenvalue weighted by molar-refractivity contribution is 7.86. The van der Waals surface area contributed by atoms with Crippen molar-refractivity contribution in [3.05, 3.63) is 83.9 Å². The molecule has 0 spiro atoms. The fraction of sp³-hybridized carbons (Fsp3) is 0.448. The smallest absolute Gasteiger partial charge is 0.264 e. The summed E-state index contributed by atoms with van der Waals surface area (Å²) >= 11 is 0. The molecule has 0 radical (unpaired) electrons. The molecular formula is C29H36O3S. The third-order valence-corrected chi connectivity index (χ3v) is 8.12. The van der Waals surface area contributed by atoms with Crippen molar-refractivity contribution in [2.45, 2.75) is 64.4 Å². The zero-order valence-corrected chi connectivity index (χ0v) is 20.7. The van der Waals surface area contributed by atoms with Gasteiger partial charge in [-0.15, -0.1) is 0 Å². The van der Waals surface area contributed by atoms with E-state index in [9.17, 15) is 8.42 Å². The monoisotopic (exact) mass is 464 g/mol. The second kappa shape index (κ2) is 9.99. The summed E-state index contributed by atoms with van der Waals surface area (Å²) in [5, 5.41) is 0. The van der Waals surface area contributed by atoms with Crippen LogP contribution >= 0.6 is 0 Å². The molecule has 0 bridgehead atoms. The van der Waals surface area contributed by atoms with Crippen LogP contribution in [0.3, 0.4) is 0 Å². The Morgan fingerprint density at radius 1 is 1.03 bits per heavy atom. The van der Waals surface area contributed by atoms with Gasteiger partial charge in [-0.25, -0.2) is 0 Å². The van der Waals surface area contributed by atoms with Crippen molar-refractivity contribution in [1.29, 1.82) is 0 Å². The first-order valence-corrected chi connectivity index (χ1v) is 14.1. The van der Waals surface area contributed by atoms with Crippen molar-refractivity contribution in [2.24, 2.45) is 11.3 Å². The number of benzene rings is 2. The molecule has 2 aromatic rings. The molecule has 33 heavy (non-hydrogen) atoms. The molecule has 0 N–H and O–H groups in total. The maximum absolute atomic E-state index is 12.1. The van der Waals surface area contributed by atoms with Gasteiger partial charge in [-0.3, -0.25) is 4.18 Å². The second-order valence-corrected chi connectivity index (χ2v) is 11.3. The van der Waals surface area contributed by atoms with E-state index < -0.39 is 10.1 Å². The molecule has 2 aliphatic carbocycles. The maximum Gasteiger partial charge on any atom is 0.264 e. The molecule has 1 fully saturated rings. The van der Waals surface area contributed by atoms with Crippen LogP contribution in [0.2, 0.25) is 0 Å². The Morgan fingerprint density at radius 2 is 1.70 bits per heavy atom. The average molecular weight is 465 g/mol. The molecule has 0 heterocycles. The SMILES string of the molecule is C=C(c1ccccc1)[C@@]12CC[C@@H](OS(C)(=O)=O)C1CC(CCCCCC)=C2c1ccccc1. The van der Waals surface area contributed by atoms with Gasteiger partial charge in [-0.05, 0) is 54.4 Å². The minimum absolute atomic E-state index is 0.0799. The number of hydrogen-bond donors (Lipinski definition) is 0. The molecule has 2 aromatic carbocycles. The lowest BCUT2D eigenvalue weighted by Crippen LogP contribution is -2.31. The molecule has 2 aliphatic rings. The Labute approximate surface area is 199 Å². The van der Waals surface area contributed by atoms with E-state index in [-0.39, 0.29) is 17.4 Å². The zero-order chi connectivity index (χ0) is 23.5. The molecule has 4 heteroatoms. The molecule has 3 nitrogen and oxygen atoms in total. The summed E-state index contributed by atoms with van der Waals surface area (Å²) in [5.74, 6) is 0.0799. The van der Waals surface area contributed by atoms with Crippen LogP contribution in [0.4, 0.5) is 0 Å². The maximum atomic E-state index is 12.1. The van der Waals surface area contributed by atoms with Crippen molar-refractivity contribution in [2.75, 3.05) is 6.26 Å². The first-order valence-electron chi connectivity index (χ1n) is 12.3. The summed E-state index contributed by atoms with van der Waals surface area (Å²) in [5.41, 5.74) is 5.98. The van der Waals surface area contributed by atoms with E-state index in [0.29, 0.717) is 0 Å². The normalized spacial score (nSPS) is 24.8. The van der Waals surface area contributed by atoms with E-state index in [1.807, 2.05) is 6.07 Å². The van der Waals surface area contributed by atoms with E-state index in [2.05, 4.69) is 68.1 Å². The average Bonchev–Trinajstić information content (AvgIpc) is 3.31. The molecule has 0 amide bonds. The highest BCUT2D eigenvalue weighted by atomic mass is 32.2. The predicted molar refractivity (Wildman–Crippen MR) is 137 cm³/mol. The molecule has 0 saturated heterocycles. The standard InChI is InChI=1S/C29H36O3S/c1-4-5-6-9-18-25-21-26-27(32-33(3,30)31)19-20-29(26,22(2)23-14-10-7-11-15-23)28(25)24-16-12-8-13-17-24/h7-8,10-17,26-27H,2,4-6,9,18-21H2,1,3H3/t26?,27-,29+/m1/s1. The summed E-state index contributed by atoms with van der Waals surface area (Å²) in [6.45, 7) is 6.89. The Balaban J connectivity index is 1.83. The highest BCUT2D eigenvalue weighted by Gasteiger charge is 2.58. The summed E-state index contributed by atoms with van der Waals surface area (Å²) in [4.78, 5) is 0. The van der Waals surface area contributed by atoms with Crippen LogP contribution in [0, 0.1) is 11.3 Å². The molecule has 1 unspecified atom stereocenters. The third-order valence-electron chi connectivity index (χ3n) is 7.52. The van der Waals surface area contributed by atoms with E-state index in [4.69, 9.17) is 4.18 Å². The summed E-state index contributed by atoms with van der Waals surface area (Å²) < 4.78 is 30.0. The van der Waals surface area contributed by atoms with Crippen molar-refractivity contribution in [3.8, 4) is 0 Å². The van der Waals surface area contributed by atoms with E-state index in [0.717, 1.165) is 43.2 Å². The van der Waals surface area contributed by atoms with Crippen LogP contribution in [-0.2, 0) is 14.3 Å². The number of fused-ring (bicyclic) bond motifs is 1. The van der Waals surface area contributed by atoms with Gasteiger partial charge in [0.2, 0.25) is 0 Å². The van der Waals surface area contributed by atoms with Gasteiger partial charge in [0, 0.05) is 11.3 Å². The first-order chi connectivity index (χ1) is 15.9.